The molecule has 0 unspecified atom stereocenters. The summed E-state index contributed by atoms with van der Waals surface area (Å²) in [7, 11) is 0. The van der Waals surface area contributed by atoms with Crippen molar-refractivity contribution in [1.29, 1.82) is 0 Å². The molecular weight excluding hydrogens is 452 g/mol. The molecule has 0 aromatic rings. The molecule has 0 radical (unpaired) electrons. The van der Waals surface area contributed by atoms with Crippen molar-refractivity contribution in [3.8, 4) is 0 Å². The molecule has 1 aliphatic rings. The minimum Gasteiger partial charge on any atom is -0.463 e. The fraction of sp³-hybridized carbons (Fsp3) is 0.720. The fourth-order valence-electron chi connectivity index (χ4n) is 3.95. The topological polar surface area (TPSA) is 143 Å². The van der Waals surface area contributed by atoms with Gasteiger partial charge in [-0.3, -0.25) is 19.2 Å². The highest BCUT2D eigenvalue weighted by atomic mass is 16.5. The lowest BCUT2D eigenvalue weighted by Gasteiger charge is -2.26. The van der Waals surface area contributed by atoms with Crippen molar-refractivity contribution in [1.82, 2.24) is 21.3 Å². The molecule has 1 heterocycles. The van der Waals surface area contributed by atoms with Crippen LogP contribution in [0.3, 0.4) is 0 Å². The first kappa shape index (κ1) is 30.1. The number of rotatable bonds is 14. The van der Waals surface area contributed by atoms with Crippen LogP contribution in [0.25, 0.3) is 0 Å². The van der Waals surface area contributed by atoms with E-state index in [0.717, 1.165) is 0 Å². The maximum Gasteiger partial charge on any atom is 0.330 e. The molecule has 0 aliphatic carbocycles. The van der Waals surface area contributed by atoms with E-state index < -0.39 is 35.9 Å². The fourth-order valence-corrected chi connectivity index (χ4v) is 3.95. The van der Waals surface area contributed by atoms with Gasteiger partial charge in [-0.25, -0.2) is 4.79 Å². The van der Waals surface area contributed by atoms with Crippen LogP contribution in [0.1, 0.15) is 67.2 Å². The summed E-state index contributed by atoms with van der Waals surface area (Å²) in [5.41, 5.74) is 0. The third-order valence-corrected chi connectivity index (χ3v) is 5.52. The molecule has 1 saturated heterocycles. The number of esters is 1. The van der Waals surface area contributed by atoms with E-state index in [-0.39, 0.29) is 36.2 Å². The van der Waals surface area contributed by atoms with Crippen molar-refractivity contribution in [2.75, 3.05) is 13.2 Å². The summed E-state index contributed by atoms with van der Waals surface area (Å²) >= 11 is 0. The third kappa shape index (κ3) is 11.9. The van der Waals surface area contributed by atoms with Crippen molar-refractivity contribution < 1.29 is 28.7 Å². The molecule has 1 fully saturated rings. The highest BCUT2D eigenvalue weighted by molar-refractivity contribution is 5.92. The largest absolute Gasteiger partial charge is 0.463 e. The van der Waals surface area contributed by atoms with Crippen LogP contribution >= 0.6 is 0 Å². The Kier molecular flexibility index (Phi) is 13.0. The number of carbonyl (C=O) groups is 5. The average Bonchev–Trinajstić information content (AvgIpc) is 3.14. The molecule has 0 saturated carbocycles. The van der Waals surface area contributed by atoms with E-state index >= 15 is 0 Å². The van der Waals surface area contributed by atoms with Gasteiger partial charge in [-0.05, 0) is 44.4 Å². The molecule has 4 amide bonds. The van der Waals surface area contributed by atoms with Gasteiger partial charge in [-0.1, -0.05) is 33.8 Å². The lowest BCUT2D eigenvalue weighted by molar-refractivity contribution is -0.137. The Bertz CT molecular complexity index is 780. The number of ether oxygens (including phenoxy) is 1. The quantitative estimate of drug-likeness (QED) is 0.211. The van der Waals surface area contributed by atoms with E-state index in [1.54, 1.807) is 6.92 Å². The Labute approximate surface area is 208 Å². The third-order valence-electron chi connectivity index (χ3n) is 5.52. The highest BCUT2D eigenvalue weighted by Gasteiger charge is 2.31. The van der Waals surface area contributed by atoms with Gasteiger partial charge in [0.1, 0.15) is 12.1 Å². The van der Waals surface area contributed by atoms with Crippen molar-refractivity contribution in [2.45, 2.75) is 85.4 Å². The summed E-state index contributed by atoms with van der Waals surface area (Å²) in [5, 5.41) is 11.1. The molecule has 4 atom stereocenters. The van der Waals surface area contributed by atoms with Gasteiger partial charge in [0.25, 0.3) is 0 Å². The molecule has 0 bridgehead atoms. The van der Waals surface area contributed by atoms with E-state index in [2.05, 4.69) is 21.3 Å². The van der Waals surface area contributed by atoms with Crippen LogP contribution in [0.5, 0.6) is 0 Å². The predicted molar refractivity (Wildman–Crippen MR) is 132 cm³/mol. The molecule has 35 heavy (non-hydrogen) atoms. The van der Waals surface area contributed by atoms with Crippen molar-refractivity contribution in [3.63, 3.8) is 0 Å². The minimum atomic E-state index is -0.846. The lowest BCUT2D eigenvalue weighted by atomic mass is 9.96. The van der Waals surface area contributed by atoms with Crippen LogP contribution in [0, 0.1) is 17.8 Å². The van der Waals surface area contributed by atoms with E-state index in [4.69, 9.17) is 4.74 Å². The Morgan fingerprint density at radius 1 is 1.00 bits per heavy atom. The van der Waals surface area contributed by atoms with Crippen LogP contribution in [0.15, 0.2) is 12.2 Å². The average molecular weight is 495 g/mol. The van der Waals surface area contributed by atoms with Gasteiger partial charge in [0, 0.05) is 31.5 Å². The van der Waals surface area contributed by atoms with Crippen molar-refractivity contribution in [3.05, 3.63) is 12.2 Å². The minimum absolute atomic E-state index is 0.0901. The van der Waals surface area contributed by atoms with Crippen LogP contribution in [0.2, 0.25) is 0 Å². The summed E-state index contributed by atoms with van der Waals surface area (Å²) in [6, 6.07) is -2.20. The summed E-state index contributed by atoms with van der Waals surface area (Å²) in [4.78, 5) is 61.7. The summed E-state index contributed by atoms with van der Waals surface area (Å²) in [6.45, 7) is 11.6. The van der Waals surface area contributed by atoms with E-state index in [1.165, 1.54) is 19.1 Å². The zero-order valence-corrected chi connectivity index (χ0v) is 21.8. The first-order valence-electron chi connectivity index (χ1n) is 12.4. The standard InChI is InChI=1S/C25H42N4O6/c1-7-35-22(31)9-8-19(14-18-10-11-26-23(18)32)28-24(33)21(13-16(4)5)29-25(34)20(12-15(2)3)27-17(6)30/h8-9,15-16,18-21H,7,10-14H2,1-6H3,(H,26,32)(H,27,30)(H,28,33)(H,29,34)/b9-8+/t18-,19+,20-,21-/m0/s1. The summed E-state index contributed by atoms with van der Waals surface area (Å²) in [5.74, 6) is -1.84. The molecular formula is C25H42N4O6. The first-order chi connectivity index (χ1) is 16.4. The molecule has 1 aliphatic heterocycles. The van der Waals surface area contributed by atoms with Gasteiger partial charge < -0.3 is 26.0 Å². The Hall–Kier alpha value is -2.91. The number of nitrogens with one attached hydrogen (secondary N) is 4. The molecule has 198 valence electrons. The van der Waals surface area contributed by atoms with E-state index in [1.807, 2.05) is 27.7 Å². The van der Waals surface area contributed by atoms with Gasteiger partial charge >= 0.3 is 5.97 Å². The Morgan fingerprint density at radius 2 is 1.57 bits per heavy atom. The number of carbonyl (C=O) groups excluding carboxylic acids is 5. The monoisotopic (exact) mass is 494 g/mol. The van der Waals surface area contributed by atoms with Crippen LogP contribution in [-0.2, 0) is 28.7 Å². The first-order valence-corrected chi connectivity index (χ1v) is 12.4. The second-order valence-electron chi connectivity index (χ2n) is 9.81. The second-order valence-corrected chi connectivity index (χ2v) is 9.81. The normalized spacial score (nSPS) is 18.2. The van der Waals surface area contributed by atoms with Gasteiger partial charge in [0.05, 0.1) is 6.61 Å². The van der Waals surface area contributed by atoms with Gasteiger partial charge in [0.15, 0.2) is 0 Å². The summed E-state index contributed by atoms with van der Waals surface area (Å²) < 4.78 is 4.92. The SMILES string of the molecule is CCOC(=O)/C=C/[C@H](C[C@@H]1CCNC1=O)NC(=O)[C@H](CC(C)C)NC(=O)[C@H](CC(C)C)NC(C)=O. The predicted octanol–water partition coefficient (Wildman–Crippen LogP) is 1.20. The van der Waals surface area contributed by atoms with E-state index in [0.29, 0.717) is 32.2 Å². The number of hydrogen-bond acceptors (Lipinski definition) is 6. The van der Waals surface area contributed by atoms with Crippen molar-refractivity contribution in [2.24, 2.45) is 17.8 Å². The molecule has 4 N–H and O–H groups in total. The van der Waals surface area contributed by atoms with E-state index in [9.17, 15) is 24.0 Å². The maximum atomic E-state index is 13.3. The summed E-state index contributed by atoms with van der Waals surface area (Å²) in [6.07, 6.45) is 4.53. The molecule has 10 heteroatoms. The zero-order chi connectivity index (χ0) is 26.5. The maximum absolute atomic E-state index is 13.3. The second kappa shape index (κ2) is 15.2. The lowest BCUT2D eigenvalue weighted by Crippen LogP contribution is -2.55. The van der Waals surface area contributed by atoms with Gasteiger partial charge in [0.2, 0.25) is 23.6 Å². The Morgan fingerprint density at radius 3 is 2.06 bits per heavy atom. The number of hydrogen-bond donors (Lipinski definition) is 4. The van der Waals surface area contributed by atoms with Crippen LogP contribution in [0.4, 0.5) is 0 Å². The molecule has 0 aromatic carbocycles. The molecule has 0 aromatic heterocycles. The highest BCUT2D eigenvalue weighted by Crippen LogP contribution is 2.17. The van der Waals surface area contributed by atoms with Gasteiger partial charge in [-0.15, -0.1) is 0 Å². The van der Waals surface area contributed by atoms with Crippen LogP contribution < -0.4 is 21.3 Å². The van der Waals surface area contributed by atoms with Gasteiger partial charge in [-0.2, -0.15) is 0 Å². The smallest absolute Gasteiger partial charge is 0.330 e. The zero-order valence-electron chi connectivity index (χ0n) is 21.8. The molecule has 0 spiro atoms. The molecule has 1 rings (SSSR count). The Balaban J connectivity index is 3.02. The van der Waals surface area contributed by atoms with Crippen molar-refractivity contribution >= 4 is 29.6 Å². The number of amides is 4. The van der Waals surface area contributed by atoms with Crippen LogP contribution in [-0.4, -0.2) is 60.9 Å². The molecule has 10 nitrogen and oxygen atoms in total.